The molecule has 1 aliphatic rings. The molecule has 1 fully saturated rings. The van der Waals surface area contributed by atoms with Crippen molar-refractivity contribution in [3.8, 4) is 10.6 Å². The van der Waals surface area contributed by atoms with Crippen LogP contribution in [0.1, 0.15) is 40.2 Å². The molecule has 1 saturated heterocycles. The lowest BCUT2D eigenvalue weighted by Crippen LogP contribution is -3.11. The van der Waals surface area contributed by atoms with Crippen LogP contribution in [-0.4, -0.2) is 24.0 Å². The Kier molecular flexibility index (Phi) is 4.55. The smallest absolute Gasteiger partial charge is 0.124 e. The second-order valence-electron chi connectivity index (χ2n) is 5.91. The number of carbonyl (C=O) groups is 1. The Morgan fingerprint density at radius 3 is 2.77 bits per heavy atom. The average molecular weight is 316 g/mol. The highest BCUT2D eigenvalue weighted by atomic mass is 32.1. The molecule has 1 N–H and O–H groups in total. The number of carbonyl (C=O) groups excluding carboxylic acids is 1. The Bertz CT molecular complexity index is 675. The molecule has 5 heteroatoms. The van der Waals surface area contributed by atoms with Crippen LogP contribution in [0.15, 0.2) is 24.3 Å². The Balaban J connectivity index is 1.81. The molecule has 1 aliphatic heterocycles. The summed E-state index contributed by atoms with van der Waals surface area (Å²) in [6, 6.07) is 8.31. The van der Waals surface area contributed by atoms with Crippen LogP contribution in [0.5, 0.6) is 0 Å². The second kappa shape index (κ2) is 6.58. The third kappa shape index (κ3) is 3.36. The summed E-state index contributed by atoms with van der Waals surface area (Å²) >= 11 is 1.20. The Morgan fingerprint density at radius 1 is 1.32 bits per heavy atom. The van der Waals surface area contributed by atoms with E-state index in [4.69, 9.17) is 0 Å². The Morgan fingerprint density at radius 2 is 2.09 bits per heavy atom. The fourth-order valence-electron chi connectivity index (χ4n) is 3.04. The molecule has 3 rings (SSSR count). The van der Waals surface area contributed by atoms with E-state index in [1.807, 2.05) is 12.1 Å². The molecule has 0 unspecified atom stereocenters. The number of thiazole rings is 1. The molecule has 0 saturated carbocycles. The van der Waals surface area contributed by atoms with Gasteiger partial charge in [-0.1, -0.05) is 18.2 Å². The number of hydrogen-bond acceptors (Lipinski definition) is 4. The molecule has 2 aromatic rings. The third-order valence-corrected chi connectivity index (χ3v) is 5.36. The molecule has 0 atom stereocenters. The van der Waals surface area contributed by atoms with Crippen LogP contribution in [0, 0.1) is 6.92 Å². The molecular formula is C17H20N2O2S. The van der Waals surface area contributed by atoms with Gasteiger partial charge >= 0.3 is 0 Å². The van der Waals surface area contributed by atoms with E-state index in [1.165, 1.54) is 49.3 Å². The summed E-state index contributed by atoms with van der Waals surface area (Å²) in [5, 5.41) is 11.8. The third-order valence-electron chi connectivity index (χ3n) is 4.17. The zero-order chi connectivity index (χ0) is 15.5. The molecular weight excluding hydrogens is 296 g/mol. The number of piperidine rings is 1. The SMILES string of the molecule is Cc1nc(-c2cccc(C[NH+]3CCCCC3)c2)sc1C(=O)[O-]. The lowest BCUT2D eigenvalue weighted by molar-refractivity contribution is -0.918. The van der Waals surface area contributed by atoms with Gasteiger partial charge < -0.3 is 14.8 Å². The predicted molar refractivity (Wildman–Crippen MR) is 84.9 cm³/mol. The van der Waals surface area contributed by atoms with Crippen LogP contribution < -0.4 is 10.0 Å². The first-order valence-corrected chi connectivity index (χ1v) is 8.57. The fourth-order valence-corrected chi connectivity index (χ4v) is 3.94. The van der Waals surface area contributed by atoms with E-state index in [9.17, 15) is 9.90 Å². The van der Waals surface area contributed by atoms with Crippen molar-refractivity contribution in [2.75, 3.05) is 13.1 Å². The number of rotatable bonds is 4. The van der Waals surface area contributed by atoms with E-state index in [0.717, 1.165) is 17.1 Å². The molecule has 2 heterocycles. The van der Waals surface area contributed by atoms with Crippen molar-refractivity contribution in [2.24, 2.45) is 0 Å². The number of quaternary nitrogens is 1. The van der Waals surface area contributed by atoms with Crippen LogP contribution in [-0.2, 0) is 6.54 Å². The summed E-state index contributed by atoms with van der Waals surface area (Å²) in [5.74, 6) is -1.14. The zero-order valence-corrected chi connectivity index (χ0v) is 13.5. The normalized spacial score (nSPS) is 15.9. The van der Waals surface area contributed by atoms with Crippen molar-refractivity contribution in [3.05, 3.63) is 40.4 Å². The van der Waals surface area contributed by atoms with Crippen molar-refractivity contribution in [1.29, 1.82) is 0 Å². The van der Waals surface area contributed by atoms with Crippen LogP contribution in [0.4, 0.5) is 0 Å². The first-order valence-electron chi connectivity index (χ1n) is 7.75. The highest BCUT2D eigenvalue weighted by Gasteiger charge is 2.15. The highest BCUT2D eigenvalue weighted by molar-refractivity contribution is 7.17. The van der Waals surface area contributed by atoms with Crippen molar-refractivity contribution in [3.63, 3.8) is 0 Å². The van der Waals surface area contributed by atoms with Gasteiger partial charge in [-0.2, -0.15) is 0 Å². The lowest BCUT2D eigenvalue weighted by Gasteiger charge is -2.23. The first kappa shape index (κ1) is 15.2. The fraction of sp³-hybridized carbons (Fsp3) is 0.412. The molecule has 1 aromatic heterocycles. The van der Waals surface area contributed by atoms with Gasteiger partial charge in [-0.3, -0.25) is 0 Å². The number of likely N-dealkylation sites (tertiary alicyclic amines) is 1. The van der Waals surface area contributed by atoms with Gasteiger partial charge in [0.1, 0.15) is 11.6 Å². The molecule has 0 amide bonds. The summed E-state index contributed by atoms with van der Waals surface area (Å²) in [4.78, 5) is 17.3. The predicted octanol–water partition coefficient (Wildman–Crippen LogP) is 1.05. The first-order chi connectivity index (χ1) is 10.6. The van der Waals surface area contributed by atoms with Crippen molar-refractivity contribution in [2.45, 2.75) is 32.7 Å². The maximum Gasteiger partial charge on any atom is 0.124 e. The number of aryl methyl sites for hydroxylation is 1. The van der Waals surface area contributed by atoms with E-state index in [0.29, 0.717) is 5.69 Å². The monoisotopic (exact) mass is 316 g/mol. The number of nitrogens with one attached hydrogen (secondary N) is 1. The molecule has 22 heavy (non-hydrogen) atoms. The van der Waals surface area contributed by atoms with E-state index in [1.54, 1.807) is 11.8 Å². The summed E-state index contributed by atoms with van der Waals surface area (Å²) in [7, 11) is 0. The summed E-state index contributed by atoms with van der Waals surface area (Å²) in [6.07, 6.45) is 3.99. The van der Waals surface area contributed by atoms with Gasteiger partial charge in [0.05, 0.1) is 29.6 Å². The van der Waals surface area contributed by atoms with E-state index < -0.39 is 5.97 Å². The number of nitrogens with zero attached hydrogens (tertiary/aromatic N) is 1. The van der Waals surface area contributed by atoms with E-state index in [2.05, 4.69) is 17.1 Å². The molecule has 0 spiro atoms. The number of hydrogen-bond donors (Lipinski definition) is 1. The topological polar surface area (TPSA) is 57.5 Å². The standard InChI is InChI=1S/C17H20N2O2S/c1-12-15(17(20)21)22-16(18-12)14-7-5-6-13(10-14)11-19-8-3-2-4-9-19/h5-7,10H,2-4,8-9,11H2,1H3,(H,20,21). The molecule has 0 radical (unpaired) electrons. The minimum atomic E-state index is -1.14. The van der Waals surface area contributed by atoms with Crippen molar-refractivity contribution >= 4 is 17.3 Å². The van der Waals surface area contributed by atoms with E-state index in [-0.39, 0.29) is 4.88 Å². The van der Waals surface area contributed by atoms with Gasteiger partial charge in [0, 0.05) is 11.1 Å². The van der Waals surface area contributed by atoms with Gasteiger partial charge in [-0.25, -0.2) is 4.98 Å². The molecule has 0 bridgehead atoms. The van der Waals surface area contributed by atoms with Gasteiger partial charge in [0.25, 0.3) is 0 Å². The average Bonchev–Trinajstić information content (AvgIpc) is 2.91. The molecule has 116 valence electrons. The maximum absolute atomic E-state index is 11.1. The van der Waals surface area contributed by atoms with E-state index >= 15 is 0 Å². The van der Waals surface area contributed by atoms with Crippen LogP contribution in [0.25, 0.3) is 10.6 Å². The number of aromatic carboxylic acids is 1. The molecule has 0 aliphatic carbocycles. The van der Waals surface area contributed by atoms with Crippen molar-refractivity contribution < 1.29 is 14.8 Å². The minimum absolute atomic E-state index is 0.224. The van der Waals surface area contributed by atoms with Crippen LogP contribution in [0.3, 0.4) is 0 Å². The summed E-state index contributed by atoms with van der Waals surface area (Å²) in [5.41, 5.74) is 2.82. The lowest BCUT2D eigenvalue weighted by atomic mass is 10.1. The minimum Gasteiger partial charge on any atom is -0.544 e. The van der Waals surface area contributed by atoms with Gasteiger partial charge in [0.2, 0.25) is 0 Å². The van der Waals surface area contributed by atoms with Gasteiger partial charge in [-0.15, -0.1) is 11.3 Å². The highest BCUT2D eigenvalue weighted by Crippen LogP contribution is 2.28. The number of aromatic nitrogens is 1. The number of carboxylic acid groups (broad SMARTS) is 1. The maximum atomic E-state index is 11.1. The number of benzene rings is 1. The summed E-state index contributed by atoms with van der Waals surface area (Å²) in [6.45, 7) is 5.24. The number of carboxylic acids is 1. The summed E-state index contributed by atoms with van der Waals surface area (Å²) < 4.78 is 0. The quantitative estimate of drug-likeness (QED) is 0.917. The van der Waals surface area contributed by atoms with Crippen molar-refractivity contribution in [1.82, 2.24) is 4.98 Å². The molecule has 4 nitrogen and oxygen atoms in total. The van der Waals surface area contributed by atoms with Gasteiger partial charge in [-0.05, 0) is 32.3 Å². The zero-order valence-electron chi connectivity index (χ0n) is 12.7. The Labute approximate surface area is 134 Å². The molecule has 1 aromatic carbocycles. The van der Waals surface area contributed by atoms with Gasteiger partial charge in [0.15, 0.2) is 0 Å². The van der Waals surface area contributed by atoms with Crippen LogP contribution >= 0.6 is 11.3 Å². The largest absolute Gasteiger partial charge is 0.544 e. The second-order valence-corrected chi connectivity index (χ2v) is 6.91. The Hall–Kier alpha value is -1.72. The van der Waals surface area contributed by atoms with Crippen LogP contribution in [0.2, 0.25) is 0 Å².